The van der Waals surface area contributed by atoms with Gasteiger partial charge in [-0.3, -0.25) is 14.7 Å². The lowest BCUT2D eigenvalue weighted by atomic mass is 9.94. The number of hydrogen-bond acceptors (Lipinski definition) is 4. The number of rotatable bonds is 6. The molecule has 0 radical (unpaired) electrons. The van der Waals surface area contributed by atoms with Crippen molar-refractivity contribution in [1.29, 1.82) is 0 Å². The fourth-order valence-electron chi connectivity index (χ4n) is 5.56. The molecule has 2 fully saturated rings. The van der Waals surface area contributed by atoms with E-state index in [1.165, 1.54) is 36.8 Å². The minimum atomic E-state index is 0.117. The van der Waals surface area contributed by atoms with Crippen LogP contribution in [0, 0.1) is 5.92 Å². The van der Waals surface area contributed by atoms with E-state index in [0.717, 1.165) is 44.6 Å². The molecule has 2 aromatic rings. The number of likely N-dealkylation sites (tertiary alicyclic amines) is 1. The first kappa shape index (κ1) is 20.7. The number of hydrogen-bond donors (Lipinski definition) is 0. The lowest BCUT2D eigenvalue weighted by Gasteiger charge is -2.38. The van der Waals surface area contributed by atoms with Crippen molar-refractivity contribution >= 4 is 5.91 Å². The van der Waals surface area contributed by atoms with Crippen LogP contribution in [0.5, 0.6) is 0 Å². The van der Waals surface area contributed by atoms with Crippen molar-refractivity contribution in [3.05, 3.63) is 65.5 Å². The average molecular weight is 420 g/mol. The van der Waals surface area contributed by atoms with E-state index in [0.29, 0.717) is 18.5 Å². The molecular weight excluding hydrogens is 386 g/mol. The van der Waals surface area contributed by atoms with Gasteiger partial charge in [0.1, 0.15) is 0 Å². The maximum atomic E-state index is 13.2. The molecule has 3 aliphatic rings. The number of nitrogens with zero attached hydrogens (tertiary/aromatic N) is 3. The number of carbonyl (C=O) groups is 1. The smallest absolute Gasteiger partial charge is 0.254 e. The highest BCUT2D eigenvalue weighted by Crippen LogP contribution is 2.29. The van der Waals surface area contributed by atoms with Gasteiger partial charge < -0.3 is 9.64 Å². The van der Waals surface area contributed by atoms with Gasteiger partial charge in [0.05, 0.1) is 6.10 Å². The van der Waals surface area contributed by atoms with Gasteiger partial charge in [-0.1, -0.05) is 24.3 Å². The Bertz CT molecular complexity index is 848. The highest BCUT2D eigenvalue weighted by Gasteiger charge is 2.32. The Hall–Kier alpha value is -2.24. The molecular formula is C26H33N3O2. The van der Waals surface area contributed by atoms with E-state index in [2.05, 4.69) is 39.0 Å². The molecule has 3 heterocycles. The van der Waals surface area contributed by atoms with Gasteiger partial charge in [0.15, 0.2) is 0 Å². The Kier molecular flexibility index (Phi) is 6.32. The van der Waals surface area contributed by atoms with Crippen LogP contribution >= 0.6 is 0 Å². The van der Waals surface area contributed by atoms with Crippen molar-refractivity contribution in [2.75, 3.05) is 32.8 Å². The molecule has 0 N–H and O–H groups in total. The Balaban J connectivity index is 1.19. The predicted octanol–water partition coefficient (Wildman–Crippen LogP) is 3.58. The van der Waals surface area contributed by atoms with E-state index in [1.54, 1.807) is 12.4 Å². The van der Waals surface area contributed by atoms with Gasteiger partial charge in [0, 0.05) is 43.7 Å². The summed E-state index contributed by atoms with van der Waals surface area (Å²) in [5, 5.41) is 0. The summed E-state index contributed by atoms with van der Waals surface area (Å²) in [5.41, 5.74) is 3.79. The molecule has 31 heavy (non-hydrogen) atoms. The Morgan fingerprint density at radius 2 is 1.71 bits per heavy atom. The molecule has 2 saturated heterocycles. The lowest BCUT2D eigenvalue weighted by molar-refractivity contribution is 0.0430. The van der Waals surface area contributed by atoms with Gasteiger partial charge in [-0.2, -0.15) is 0 Å². The normalized spacial score (nSPS) is 22.5. The Labute approximate surface area is 185 Å². The lowest BCUT2D eigenvalue weighted by Crippen LogP contribution is -2.46. The van der Waals surface area contributed by atoms with Crippen molar-refractivity contribution in [2.45, 2.75) is 50.7 Å². The number of pyridine rings is 1. The summed E-state index contributed by atoms with van der Waals surface area (Å²) in [4.78, 5) is 22.0. The van der Waals surface area contributed by atoms with Crippen molar-refractivity contribution < 1.29 is 9.53 Å². The van der Waals surface area contributed by atoms with Gasteiger partial charge in [0.2, 0.25) is 0 Å². The van der Waals surface area contributed by atoms with Crippen molar-refractivity contribution in [1.82, 2.24) is 14.8 Å². The zero-order chi connectivity index (χ0) is 21.0. The Morgan fingerprint density at radius 3 is 2.35 bits per heavy atom. The van der Waals surface area contributed by atoms with Crippen LogP contribution in [0.15, 0.2) is 48.8 Å². The number of benzene rings is 1. The summed E-state index contributed by atoms with van der Waals surface area (Å²) in [6, 6.07) is 13.2. The summed E-state index contributed by atoms with van der Waals surface area (Å²) in [7, 11) is 0. The summed E-state index contributed by atoms with van der Waals surface area (Å²) in [5.74, 6) is 0.679. The number of piperidine rings is 1. The molecule has 164 valence electrons. The third kappa shape index (κ3) is 4.83. The summed E-state index contributed by atoms with van der Waals surface area (Å²) < 4.78 is 5.86. The molecule has 5 rings (SSSR count). The molecule has 5 heteroatoms. The SMILES string of the molecule is O=C(c1ccncc1)N(CC1CCN(C2Cc3ccccc3C2)CC1)C[C@H]1CCCO1. The minimum absolute atomic E-state index is 0.117. The van der Waals surface area contributed by atoms with Crippen molar-refractivity contribution in [3.63, 3.8) is 0 Å². The predicted molar refractivity (Wildman–Crippen MR) is 121 cm³/mol. The van der Waals surface area contributed by atoms with E-state index in [4.69, 9.17) is 4.74 Å². The molecule has 1 amide bonds. The number of amides is 1. The van der Waals surface area contributed by atoms with E-state index >= 15 is 0 Å². The van der Waals surface area contributed by atoms with Gasteiger partial charge in [-0.25, -0.2) is 0 Å². The quantitative estimate of drug-likeness (QED) is 0.718. The maximum absolute atomic E-state index is 13.2. The second-order valence-corrected chi connectivity index (χ2v) is 9.39. The average Bonchev–Trinajstić information content (AvgIpc) is 3.49. The Morgan fingerprint density at radius 1 is 1.00 bits per heavy atom. The molecule has 0 spiro atoms. The van der Waals surface area contributed by atoms with E-state index in [9.17, 15) is 4.79 Å². The summed E-state index contributed by atoms with van der Waals surface area (Å²) in [6.45, 7) is 4.64. The highest BCUT2D eigenvalue weighted by molar-refractivity contribution is 5.94. The molecule has 5 nitrogen and oxygen atoms in total. The summed E-state index contributed by atoms with van der Waals surface area (Å²) in [6.07, 6.45) is 10.5. The second kappa shape index (κ2) is 9.49. The number of ether oxygens (including phenoxy) is 1. The van der Waals surface area contributed by atoms with Crippen LogP contribution in [0.3, 0.4) is 0 Å². The number of carbonyl (C=O) groups excluding carboxylic acids is 1. The van der Waals surface area contributed by atoms with Crippen LogP contribution in [0.4, 0.5) is 0 Å². The van der Waals surface area contributed by atoms with E-state index in [1.807, 2.05) is 12.1 Å². The van der Waals surface area contributed by atoms with Crippen LogP contribution in [-0.4, -0.2) is 65.6 Å². The zero-order valence-corrected chi connectivity index (χ0v) is 18.3. The first-order valence-corrected chi connectivity index (χ1v) is 11.9. The van der Waals surface area contributed by atoms with Gasteiger partial charge in [-0.05, 0) is 80.8 Å². The van der Waals surface area contributed by atoms with Crippen LogP contribution in [0.2, 0.25) is 0 Å². The first-order valence-electron chi connectivity index (χ1n) is 11.9. The monoisotopic (exact) mass is 419 g/mol. The van der Waals surface area contributed by atoms with Gasteiger partial charge in [-0.15, -0.1) is 0 Å². The van der Waals surface area contributed by atoms with E-state index < -0.39 is 0 Å². The summed E-state index contributed by atoms with van der Waals surface area (Å²) >= 11 is 0. The van der Waals surface area contributed by atoms with Gasteiger partial charge >= 0.3 is 0 Å². The fourth-order valence-corrected chi connectivity index (χ4v) is 5.56. The third-order valence-corrected chi connectivity index (χ3v) is 7.34. The molecule has 0 saturated carbocycles. The molecule has 1 aromatic heterocycles. The molecule has 2 aliphatic heterocycles. The van der Waals surface area contributed by atoms with Crippen molar-refractivity contribution in [2.24, 2.45) is 5.92 Å². The third-order valence-electron chi connectivity index (χ3n) is 7.34. The fraction of sp³-hybridized carbons (Fsp3) is 0.538. The largest absolute Gasteiger partial charge is 0.376 e. The second-order valence-electron chi connectivity index (χ2n) is 9.39. The van der Waals surface area contributed by atoms with Crippen LogP contribution in [0.1, 0.15) is 47.2 Å². The molecule has 0 unspecified atom stereocenters. The zero-order valence-electron chi connectivity index (χ0n) is 18.3. The maximum Gasteiger partial charge on any atom is 0.254 e. The van der Waals surface area contributed by atoms with E-state index in [-0.39, 0.29) is 12.0 Å². The first-order chi connectivity index (χ1) is 15.3. The molecule has 1 atom stereocenters. The van der Waals surface area contributed by atoms with Crippen LogP contribution < -0.4 is 0 Å². The topological polar surface area (TPSA) is 45.7 Å². The number of aromatic nitrogens is 1. The molecule has 1 aliphatic carbocycles. The van der Waals surface area contributed by atoms with Crippen LogP contribution in [-0.2, 0) is 17.6 Å². The van der Waals surface area contributed by atoms with Gasteiger partial charge in [0.25, 0.3) is 5.91 Å². The minimum Gasteiger partial charge on any atom is -0.376 e. The molecule has 1 aromatic carbocycles. The standard InChI is InChI=1S/C26H33N3O2/c30-26(21-7-11-27-12-8-21)29(19-25-6-3-15-31-25)18-20-9-13-28(14-10-20)24-16-22-4-1-2-5-23(22)17-24/h1-2,4-5,7-8,11-12,20,24-25H,3,6,9-10,13-19H2/t25-/m1/s1. The van der Waals surface area contributed by atoms with Crippen LogP contribution in [0.25, 0.3) is 0 Å². The number of fused-ring (bicyclic) bond motifs is 1. The molecule has 0 bridgehead atoms. The highest BCUT2D eigenvalue weighted by atomic mass is 16.5. The van der Waals surface area contributed by atoms with Crippen molar-refractivity contribution in [3.8, 4) is 0 Å².